The number of hydrogen-bond donors (Lipinski definition) is 1. The molecule has 2 fully saturated rings. The molecule has 4 nitrogen and oxygen atoms in total. The summed E-state index contributed by atoms with van der Waals surface area (Å²) in [5.74, 6) is 0.0329. The van der Waals surface area contributed by atoms with E-state index >= 15 is 0 Å². The van der Waals surface area contributed by atoms with E-state index in [1.807, 2.05) is 30.3 Å². The van der Waals surface area contributed by atoms with Crippen LogP contribution in [0.25, 0.3) is 11.1 Å². The van der Waals surface area contributed by atoms with Gasteiger partial charge in [-0.3, -0.25) is 9.59 Å². The molecule has 0 bridgehead atoms. The van der Waals surface area contributed by atoms with Gasteiger partial charge >= 0.3 is 0 Å². The van der Waals surface area contributed by atoms with E-state index in [-0.39, 0.29) is 30.3 Å². The molecule has 4 rings (SSSR count). The number of nitrogens with one attached hydrogen (secondary N) is 1. The van der Waals surface area contributed by atoms with Crippen LogP contribution in [0.15, 0.2) is 54.6 Å². The Balaban J connectivity index is 1.63. The fourth-order valence-corrected chi connectivity index (χ4v) is 4.77. The Bertz CT molecular complexity index is 892. The fraction of sp³-hybridized carbons (Fsp3) is 0.440. The molecule has 2 aliphatic rings. The van der Waals surface area contributed by atoms with E-state index in [0.717, 1.165) is 36.0 Å². The number of amides is 1. The SMILES string of the molecule is CC(C)CC(C(=O)NC12CCCC1OCC2=O)c1cccc(-c2ccccc2)c1. The van der Waals surface area contributed by atoms with Crippen LogP contribution >= 0.6 is 0 Å². The third kappa shape index (κ3) is 3.86. The average Bonchev–Trinajstić information content (AvgIpc) is 3.26. The zero-order chi connectivity index (χ0) is 20.4. The fourth-order valence-electron chi connectivity index (χ4n) is 4.77. The zero-order valence-corrected chi connectivity index (χ0v) is 17.2. The van der Waals surface area contributed by atoms with Crippen LogP contribution in [0.3, 0.4) is 0 Å². The molecule has 1 N–H and O–H groups in total. The van der Waals surface area contributed by atoms with Crippen LogP contribution in [0.4, 0.5) is 0 Å². The van der Waals surface area contributed by atoms with E-state index in [1.165, 1.54) is 0 Å². The highest BCUT2D eigenvalue weighted by Crippen LogP contribution is 2.39. The van der Waals surface area contributed by atoms with Gasteiger partial charge in [-0.25, -0.2) is 0 Å². The predicted octanol–water partition coefficient (Wildman–Crippen LogP) is 4.49. The summed E-state index contributed by atoms with van der Waals surface area (Å²) in [5, 5.41) is 3.15. The molecule has 152 valence electrons. The first kappa shape index (κ1) is 19.8. The molecule has 1 aliphatic heterocycles. The standard InChI is InChI=1S/C25H29NO3/c1-17(2)14-21(20-11-6-10-19(15-20)18-8-4-3-5-9-18)24(28)26-25-13-7-12-23(25)29-16-22(25)27/h3-6,8-11,15,17,21,23H,7,12-14,16H2,1-2H3,(H,26,28). The molecule has 3 atom stereocenters. The molecule has 2 aromatic rings. The van der Waals surface area contributed by atoms with Crippen molar-refractivity contribution in [1.82, 2.24) is 5.32 Å². The third-order valence-electron chi connectivity index (χ3n) is 6.27. The van der Waals surface area contributed by atoms with Crippen molar-refractivity contribution in [3.63, 3.8) is 0 Å². The first-order chi connectivity index (χ1) is 14.0. The first-order valence-electron chi connectivity index (χ1n) is 10.6. The Labute approximate surface area is 172 Å². The van der Waals surface area contributed by atoms with Crippen LogP contribution in [0.1, 0.15) is 51.0 Å². The Morgan fingerprint density at radius 3 is 2.66 bits per heavy atom. The van der Waals surface area contributed by atoms with Gasteiger partial charge in [0.2, 0.25) is 5.91 Å². The lowest BCUT2D eigenvalue weighted by Gasteiger charge is -2.30. The molecule has 1 amide bonds. The average molecular weight is 392 g/mol. The van der Waals surface area contributed by atoms with Gasteiger partial charge in [-0.2, -0.15) is 0 Å². The number of rotatable bonds is 6. The maximum absolute atomic E-state index is 13.4. The molecular weight excluding hydrogens is 362 g/mol. The molecule has 29 heavy (non-hydrogen) atoms. The molecule has 4 heteroatoms. The summed E-state index contributed by atoms with van der Waals surface area (Å²) in [6, 6.07) is 18.4. The Kier molecular flexibility index (Phi) is 5.55. The monoisotopic (exact) mass is 391 g/mol. The van der Waals surface area contributed by atoms with Crippen molar-refractivity contribution in [3.8, 4) is 11.1 Å². The van der Waals surface area contributed by atoms with E-state index in [1.54, 1.807) is 0 Å². The second kappa shape index (κ2) is 8.11. The highest BCUT2D eigenvalue weighted by atomic mass is 16.5. The van der Waals surface area contributed by atoms with Gasteiger partial charge < -0.3 is 10.1 Å². The Morgan fingerprint density at radius 2 is 1.90 bits per heavy atom. The van der Waals surface area contributed by atoms with E-state index in [9.17, 15) is 9.59 Å². The molecule has 0 spiro atoms. The quantitative estimate of drug-likeness (QED) is 0.789. The number of ketones is 1. The molecule has 0 radical (unpaired) electrons. The Morgan fingerprint density at radius 1 is 1.14 bits per heavy atom. The van der Waals surface area contributed by atoms with Crippen molar-refractivity contribution in [2.75, 3.05) is 6.61 Å². The van der Waals surface area contributed by atoms with Gasteiger partial charge in [0, 0.05) is 0 Å². The van der Waals surface area contributed by atoms with E-state index in [2.05, 4.69) is 43.4 Å². The summed E-state index contributed by atoms with van der Waals surface area (Å²) in [4.78, 5) is 26.0. The minimum absolute atomic E-state index is 0.0229. The molecule has 1 heterocycles. The summed E-state index contributed by atoms with van der Waals surface area (Å²) < 4.78 is 5.67. The highest BCUT2D eigenvalue weighted by Gasteiger charge is 2.55. The molecule has 1 aliphatic carbocycles. The maximum atomic E-state index is 13.4. The van der Waals surface area contributed by atoms with Crippen LogP contribution in [-0.2, 0) is 14.3 Å². The lowest BCUT2D eigenvalue weighted by Crippen LogP contribution is -2.57. The minimum atomic E-state index is -0.816. The van der Waals surface area contributed by atoms with E-state index in [0.29, 0.717) is 12.3 Å². The van der Waals surface area contributed by atoms with Crippen LogP contribution in [0.5, 0.6) is 0 Å². The van der Waals surface area contributed by atoms with Crippen LogP contribution in [0.2, 0.25) is 0 Å². The molecule has 0 aromatic heterocycles. The van der Waals surface area contributed by atoms with Crippen molar-refractivity contribution in [2.45, 2.75) is 57.1 Å². The predicted molar refractivity (Wildman–Crippen MR) is 114 cm³/mol. The summed E-state index contributed by atoms with van der Waals surface area (Å²) >= 11 is 0. The van der Waals surface area contributed by atoms with Crippen LogP contribution in [0, 0.1) is 5.92 Å². The van der Waals surface area contributed by atoms with Gasteiger partial charge in [0.15, 0.2) is 5.78 Å². The zero-order valence-electron chi connectivity index (χ0n) is 17.2. The molecule has 2 aromatic carbocycles. The molecular formula is C25H29NO3. The number of carbonyl (C=O) groups is 2. The smallest absolute Gasteiger partial charge is 0.228 e. The number of benzene rings is 2. The number of carbonyl (C=O) groups excluding carboxylic acids is 2. The van der Waals surface area contributed by atoms with Crippen molar-refractivity contribution in [3.05, 3.63) is 60.2 Å². The lowest BCUT2D eigenvalue weighted by molar-refractivity contribution is -0.131. The van der Waals surface area contributed by atoms with Gasteiger partial charge in [0.1, 0.15) is 12.1 Å². The summed E-state index contributed by atoms with van der Waals surface area (Å²) in [6.07, 6.45) is 2.99. The Hall–Kier alpha value is -2.46. The minimum Gasteiger partial charge on any atom is -0.367 e. The highest BCUT2D eigenvalue weighted by molar-refractivity contribution is 5.97. The van der Waals surface area contributed by atoms with Crippen LogP contribution < -0.4 is 5.32 Å². The number of hydrogen-bond acceptors (Lipinski definition) is 3. The topological polar surface area (TPSA) is 55.4 Å². The third-order valence-corrected chi connectivity index (χ3v) is 6.27. The van der Waals surface area contributed by atoms with E-state index < -0.39 is 5.54 Å². The van der Waals surface area contributed by atoms with Crippen molar-refractivity contribution >= 4 is 11.7 Å². The summed E-state index contributed by atoms with van der Waals surface area (Å²) in [5.41, 5.74) is 2.41. The second-order valence-corrected chi connectivity index (χ2v) is 8.75. The summed E-state index contributed by atoms with van der Waals surface area (Å²) in [7, 11) is 0. The van der Waals surface area contributed by atoms with Crippen molar-refractivity contribution < 1.29 is 14.3 Å². The van der Waals surface area contributed by atoms with Gasteiger partial charge in [-0.05, 0) is 48.3 Å². The lowest BCUT2D eigenvalue weighted by atomic mass is 9.85. The normalized spacial score (nSPS) is 24.5. The summed E-state index contributed by atoms with van der Waals surface area (Å²) in [6.45, 7) is 4.37. The number of fused-ring (bicyclic) bond motifs is 1. The van der Waals surface area contributed by atoms with E-state index in [4.69, 9.17) is 4.74 Å². The van der Waals surface area contributed by atoms with Gasteiger partial charge in [-0.15, -0.1) is 0 Å². The van der Waals surface area contributed by atoms with Crippen molar-refractivity contribution in [1.29, 1.82) is 0 Å². The number of ether oxygens (including phenoxy) is 1. The van der Waals surface area contributed by atoms with Gasteiger partial charge in [-0.1, -0.05) is 68.4 Å². The molecule has 1 saturated carbocycles. The van der Waals surface area contributed by atoms with Gasteiger partial charge in [0.05, 0.1) is 12.0 Å². The van der Waals surface area contributed by atoms with Gasteiger partial charge in [0.25, 0.3) is 0 Å². The van der Waals surface area contributed by atoms with Crippen molar-refractivity contribution in [2.24, 2.45) is 5.92 Å². The second-order valence-electron chi connectivity index (χ2n) is 8.75. The first-order valence-corrected chi connectivity index (χ1v) is 10.6. The van der Waals surface area contributed by atoms with Crippen LogP contribution in [-0.4, -0.2) is 29.9 Å². The molecule has 3 unspecified atom stereocenters. The maximum Gasteiger partial charge on any atom is 0.228 e. The largest absolute Gasteiger partial charge is 0.367 e. The molecule has 1 saturated heterocycles. The number of Topliss-reactive ketones (excluding diaryl/α,β-unsaturated/α-hetero) is 1.